The molecule has 0 fully saturated rings. The molecule has 0 spiro atoms. The molecule has 2 rings (SSSR count). The maximum Gasteiger partial charge on any atom is 0.311 e. The second-order valence-electron chi connectivity index (χ2n) is 2.73. The number of thiophene rings is 1. The van der Waals surface area contributed by atoms with Gasteiger partial charge in [-0.2, -0.15) is 0 Å². The molecule has 0 bridgehead atoms. The number of rotatable bonds is 1. The van der Waals surface area contributed by atoms with Gasteiger partial charge in [0.25, 0.3) is 0 Å². The highest BCUT2D eigenvalue weighted by atomic mass is 32.1. The monoisotopic (exact) mass is 226 g/mol. The van der Waals surface area contributed by atoms with Gasteiger partial charge in [0, 0.05) is 4.90 Å². The molecule has 2 N–H and O–H groups in total. The molecule has 72 valence electrons. The van der Waals surface area contributed by atoms with Gasteiger partial charge in [-0.05, 0) is 12.1 Å². The molecule has 0 saturated carbocycles. The summed E-state index contributed by atoms with van der Waals surface area (Å²) in [6, 6.07) is 5.19. The lowest BCUT2D eigenvalue weighted by atomic mass is 10.2. The SMILES string of the molecule is Nc1sc2c(S)cccc2c1[N+](=O)[O-]. The summed E-state index contributed by atoms with van der Waals surface area (Å²) in [5, 5.41) is 11.5. The Morgan fingerprint density at radius 1 is 1.50 bits per heavy atom. The number of anilines is 1. The van der Waals surface area contributed by atoms with Crippen molar-refractivity contribution in [1.82, 2.24) is 0 Å². The molecular weight excluding hydrogens is 220 g/mol. The van der Waals surface area contributed by atoms with Gasteiger partial charge in [0.2, 0.25) is 0 Å². The van der Waals surface area contributed by atoms with Crippen LogP contribution in [0, 0.1) is 10.1 Å². The molecule has 0 atom stereocenters. The van der Waals surface area contributed by atoms with Crippen LogP contribution in [0.15, 0.2) is 23.1 Å². The van der Waals surface area contributed by atoms with Crippen LogP contribution in [-0.4, -0.2) is 4.92 Å². The highest BCUT2D eigenvalue weighted by Crippen LogP contribution is 2.41. The van der Waals surface area contributed by atoms with Crippen LogP contribution in [0.5, 0.6) is 0 Å². The minimum atomic E-state index is -0.457. The first-order valence-electron chi connectivity index (χ1n) is 3.75. The third-order valence-corrected chi connectivity index (χ3v) is 3.46. The van der Waals surface area contributed by atoms with E-state index in [-0.39, 0.29) is 10.7 Å². The van der Waals surface area contributed by atoms with E-state index in [1.165, 1.54) is 11.3 Å². The maximum absolute atomic E-state index is 10.7. The zero-order valence-electron chi connectivity index (χ0n) is 6.93. The van der Waals surface area contributed by atoms with Crippen LogP contribution in [0.1, 0.15) is 0 Å². The second-order valence-corrected chi connectivity index (χ2v) is 4.26. The van der Waals surface area contributed by atoms with E-state index in [9.17, 15) is 10.1 Å². The number of nitrogens with zero attached hydrogens (tertiary/aromatic N) is 1. The average molecular weight is 226 g/mol. The van der Waals surface area contributed by atoms with Crippen LogP contribution >= 0.6 is 24.0 Å². The summed E-state index contributed by atoms with van der Waals surface area (Å²) >= 11 is 5.41. The molecular formula is C8H6N2O2S2. The lowest BCUT2D eigenvalue weighted by Crippen LogP contribution is -1.90. The van der Waals surface area contributed by atoms with Crippen molar-refractivity contribution in [3.8, 4) is 0 Å². The Balaban J connectivity index is 2.90. The van der Waals surface area contributed by atoms with Gasteiger partial charge in [-0.1, -0.05) is 6.07 Å². The first-order chi connectivity index (χ1) is 6.61. The quantitative estimate of drug-likeness (QED) is 0.446. The van der Waals surface area contributed by atoms with E-state index in [0.717, 1.165) is 4.70 Å². The number of nitro groups is 1. The van der Waals surface area contributed by atoms with Crippen molar-refractivity contribution in [2.45, 2.75) is 4.90 Å². The van der Waals surface area contributed by atoms with E-state index < -0.39 is 4.92 Å². The standard InChI is InChI=1S/C8H6N2O2S2/c9-8-6(10(11)12)4-2-1-3-5(13)7(4)14-8/h1-3,13H,9H2. The molecule has 2 aromatic rings. The summed E-state index contributed by atoms with van der Waals surface area (Å²) in [7, 11) is 0. The lowest BCUT2D eigenvalue weighted by Gasteiger charge is -1.92. The zero-order chi connectivity index (χ0) is 10.3. The average Bonchev–Trinajstić information content (AvgIpc) is 2.42. The highest BCUT2D eigenvalue weighted by molar-refractivity contribution is 7.80. The number of nitrogens with two attached hydrogens (primary N) is 1. The number of benzene rings is 1. The van der Waals surface area contributed by atoms with Crippen LogP contribution in [0.3, 0.4) is 0 Å². The Labute approximate surface area is 88.9 Å². The molecule has 0 aliphatic carbocycles. The third-order valence-electron chi connectivity index (χ3n) is 1.88. The summed E-state index contributed by atoms with van der Waals surface area (Å²) in [5.74, 6) is 0. The molecule has 6 heteroatoms. The van der Waals surface area contributed by atoms with Gasteiger partial charge in [-0.3, -0.25) is 10.1 Å². The Hall–Kier alpha value is -1.27. The summed E-state index contributed by atoms with van der Waals surface area (Å²) in [6.07, 6.45) is 0. The number of fused-ring (bicyclic) bond motifs is 1. The van der Waals surface area contributed by atoms with E-state index in [1.54, 1.807) is 18.2 Å². The van der Waals surface area contributed by atoms with Gasteiger partial charge in [-0.15, -0.1) is 24.0 Å². The maximum atomic E-state index is 10.7. The van der Waals surface area contributed by atoms with E-state index in [1.807, 2.05) is 0 Å². The highest BCUT2D eigenvalue weighted by Gasteiger charge is 2.20. The van der Waals surface area contributed by atoms with Crippen molar-refractivity contribution in [2.75, 3.05) is 5.73 Å². The predicted octanol–water partition coefficient (Wildman–Crippen LogP) is 2.68. The molecule has 0 amide bonds. The summed E-state index contributed by atoms with van der Waals surface area (Å²) in [5.41, 5.74) is 5.55. The predicted molar refractivity (Wildman–Crippen MR) is 60.1 cm³/mol. The molecule has 1 heterocycles. The van der Waals surface area contributed by atoms with Crippen molar-refractivity contribution < 1.29 is 4.92 Å². The summed E-state index contributed by atoms with van der Waals surface area (Å²) in [6.45, 7) is 0. The number of hydrogen-bond acceptors (Lipinski definition) is 5. The molecule has 0 aliphatic heterocycles. The molecule has 1 aromatic carbocycles. The van der Waals surface area contributed by atoms with Crippen LogP contribution < -0.4 is 5.73 Å². The molecule has 0 radical (unpaired) electrons. The largest absolute Gasteiger partial charge is 0.385 e. The van der Waals surface area contributed by atoms with Crippen molar-refractivity contribution >= 4 is 44.7 Å². The minimum absolute atomic E-state index is 0.0131. The second kappa shape index (κ2) is 3.14. The number of nitrogen functional groups attached to an aromatic ring is 1. The molecule has 0 unspecified atom stereocenters. The van der Waals surface area contributed by atoms with Gasteiger partial charge in [0.15, 0.2) is 5.00 Å². The number of hydrogen-bond donors (Lipinski definition) is 2. The van der Waals surface area contributed by atoms with Crippen molar-refractivity contribution in [1.29, 1.82) is 0 Å². The Morgan fingerprint density at radius 2 is 2.21 bits per heavy atom. The number of thiol groups is 1. The van der Waals surface area contributed by atoms with Gasteiger partial charge in [0.1, 0.15) is 0 Å². The molecule has 1 aromatic heterocycles. The van der Waals surface area contributed by atoms with Gasteiger partial charge < -0.3 is 5.73 Å². The summed E-state index contributed by atoms with van der Waals surface area (Å²) in [4.78, 5) is 11.0. The van der Waals surface area contributed by atoms with Crippen LogP contribution in [-0.2, 0) is 0 Å². The third kappa shape index (κ3) is 1.23. The van der Waals surface area contributed by atoms with Gasteiger partial charge >= 0.3 is 5.69 Å². The van der Waals surface area contributed by atoms with Crippen molar-refractivity contribution in [2.24, 2.45) is 0 Å². The molecule has 0 saturated heterocycles. The van der Waals surface area contributed by atoms with Crippen molar-refractivity contribution in [3.05, 3.63) is 28.3 Å². The topological polar surface area (TPSA) is 69.2 Å². The fourth-order valence-electron chi connectivity index (χ4n) is 1.30. The van der Waals surface area contributed by atoms with E-state index in [0.29, 0.717) is 10.3 Å². The van der Waals surface area contributed by atoms with Gasteiger partial charge in [0.05, 0.1) is 15.0 Å². The first kappa shape index (κ1) is 9.29. The minimum Gasteiger partial charge on any atom is -0.385 e. The smallest absolute Gasteiger partial charge is 0.311 e. The van der Waals surface area contributed by atoms with Crippen LogP contribution in [0.4, 0.5) is 10.7 Å². The van der Waals surface area contributed by atoms with E-state index in [2.05, 4.69) is 12.6 Å². The Morgan fingerprint density at radius 3 is 2.86 bits per heavy atom. The van der Waals surface area contributed by atoms with E-state index >= 15 is 0 Å². The fraction of sp³-hybridized carbons (Fsp3) is 0. The first-order valence-corrected chi connectivity index (χ1v) is 5.02. The lowest BCUT2D eigenvalue weighted by molar-refractivity contribution is -0.381. The molecule has 4 nitrogen and oxygen atoms in total. The Kier molecular flexibility index (Phi) is 2.09. The summed E-state index contributed by atoms with van der Waals surface area (Å²) < 4.78 is 0.764. The van der Waals surface area contributed by atoms with Crippen LogP contribution in [0.2, 0.25) is 0 Å². The fourth-order valence-corrected chi connectivity index (χ4v) is 2.59. The zero-order valence-corrected chi connectivity index (χ0v) is 8.64. The van der Waals surface area contributed by atoms with E-state index in [4.69, 9.17) is 5.73 Å². The Bertz CT molecular complexity index is 521. The van der Waals surface area contributed by atoms with Crippen LogP contribution in [0.25, 0.3) is 10.1 Å². The normalized spacial score (nSPS) is 10.6. The van der Waals surface area contributed by atoms with Gasteiger partial charge in [-0.25, -0.2) is 0 Å². The molecule has 14 heavy (non-hydrogen) atoms. The molecule has 0 aliphatic rings. The van der Waals surface area contributed by atoms with Crippen molar-refractivity contribution in [3.63, 3.8) is 0 Å².